The minimum atomic E-state index is -0.402. The van der Waals surface area contributed by atoms with Gasteiger partial charge < -0.3 is 0 Å². The summed E-state index contributed by atoms with van der Waals surface area (Å²) < 4.78 is 29.2. The predicted octanol–water partition coefficient (Wildman–Crippen LogP) is 4.81. The van der Waals surface area contributed by atoms with E-state index in [0.717, 1.165) is 0 Å². The van der Waals surface area contributed by atoms with Gasteiger partial charge in [-0.15, -0.1) is 11.6 Å². The van der Waals surface area contributed by atoms with Crippen molar-refractivity contribution in [1.82, 2.24) is 9.55 Å². The monoisotopic (exact) mass is 356 g/mol. The third-order valence-electron chi connectivity index (χ3n) is 2.97. The zero-order chi connectivity index (χ0) is 14.3. The lowest BCUT2D eigenvalue weighted by Gasteiger charge is -2.08. The number of hydrogen-bond donors (Lipinski definition) is 0. The van der Waals surface area contributed by atoms with Crippen LogP contribution in [0.5, 0.6) is 0 Å². The maximum absolute atomic E-state index is 13.7. The Morgan fingerprint density at radius 1 is 1.15 bits per heavy atom. The Bertz CT molecular complexity index is 801. The van der Waals surface area contributed by atoms with E-state index in [0.29, 0.717) is 27.0 Å². The molecule has 3 rings (SSSR count). The van der Waals surface area contributed by atoms with E-state index in [2.05, 4.69) is 20.9 Å². The van der Waals surface area contributed by atoms with Crippen LogP contribution in [-0.2, 0) is 5.88 Å². The van der Waals surface area contributed by atoms with Gasteiger partial charge >= 0.3 is 0 Å². The lowest BCUT2D eigenvalue weighted by atomic mass is 10.2. The number of halogens is 4. The number of benzene rings is 2. The van der Waals surface area contributed by atoms with E-state index in [-0.39, 0.29) is 11.7 Å². The Morgan fingerprint density at radius 3 is 2.65 bits per heavy atom. The molecule has 6 heteroatoms. The van der Waals surface area contributed by atoms with Gasteiger partial charge in [-0.25, -0.2) is 13.8 Å². The van der Waals surface area contributed by atoms with Crippen molar-refractivity contribution in [2.45, 2.75) is 5.88 Å². The summed E-state index contributed by atoms with van der Waals surface area (Å²) in [5.74, 6) is -0.0961. The molecule has 20 heavy (non-hydrogen) atoms. The maximum atomic E-state index is 13.7. The van der Waals surface area contributed by atoms with Crippen molar-refractivity contribution in [2.75, 3.05) is 0 Å². The quantitative estimate of drug-likeness (QED) is 0.602. The molecule has 2 nitrogen and oxygen atoms in total. The van der Waals surface area contributed by atoms with Crippen LogP contribution in [0, 0.1) is 11.6 Å². The molecule has 0 atom stereocenters. The van der Waals surface area contributed by atoms with Gasteiger partial charge in [0, 0.05) is 6.07 Å². The molecular weight excluding hydrogens is 350 g/mol. The minimum Gasteiger partial charge on any atom is -0.295 e. The van der Waals surface area contributed by atoms with Gasteiger partial charge in [0.25, 0.3) is 0 Å². The van der Waals surface area contributed by atoms with E-state index in [1.165, 1.54) is 18.2 Å². The highest BCUT2D eigenvalue weighted by atomic mass is 79.9. The average Bonchev–Trinajstić information content (AvgIpc) is 2.79. The van der Waals surface area contributed by atoms with Crippen LogP contribution in [0.3, 0.4) is 0 Å². The molecule has 0 saturated carbocycles. The first-order valence-corrected chi connectivity index (χ1v) is 7.11. The first-order valence-electron chi connectivity index (χ1n) is 5.78. The molecule has 0 amide bonds. The van der Waals surface area contributed by atoms with E-state index in [4.69, 9.17) is 11.6 Å². The van der Waals surface area contributed by atoms with Crippen LogP contribution < -0.4 is 0 Å². The number of alkyl halides is 1. The van der Waals surface area contributed by atoms with E-state index in [1.54, 1.807) is 22.8 Å². The lowest BCUT2D eigenvalue weighted by molar-refractivity contribution is 0.620. The fraction of sp³-hybridized carbons (Fsp3) is 0.0714. The molecule has 1 heterocycles. The highest BCUT2D eigenvalue weighted by molar-refractivity contribution is 9.10. The van der Waals surface area contributed by atoms with Crippen molar-refractivity contribution < 1.29 is 8.78 Å². The second-order valence-corrected chi connectivity index (χ2v) is 5.35. The highest BCUT2D eigenvalue weighted by Crippen LogP contribution is 2.26. The molecule has 2 aromatic carbocycles. The molecule has 0 aliphatic heterocycles. The van der Waals surface area contributed by atoms with Crippen LogP contribution in [0.1, 0.15) is 5.82 Å². The van der Waals surface area contributed by atoms with E-state index < -0.39 is 5.82 Å². The SMILES string of the molecule is Fc1ccc2nc(CCl)n(-c3ccc(Br)c(F)c3)c2c1. The van der Waals surface area contributed by atoms with Gasteiger partial charge in [0.15, 0.2) is 0 Å². The molecule has 0 radical (unpaired) electrons. The fourth-order valence-electron chi connectivity index (χ4n) is 2.10. The molecule has 0 aliphatic rings. The van der Waals surface area contributed by atoms with Gasteiger partial charge in [-0.05, 0) is 46.3 Å². The molecule has 1 aromatic heterocycles. The number of fused-ring (bicyclic) bond motifs is 1. The minimum absolute atomic E-state index is 0.147. The van der Waals surface area contributed by atoms with Gasteiger partial charge in [-0.3, -0.25) is 4.57 Å². The molecule has 0 fully saturated rings. The van der Waals surface area contributed by atoms with Crippen LogP contribution in [0.2, 0.25) is 0 Å². The molecule has 0 aliphatic carbocycles. The molecule has 0 bridgehead atoms. The van der Waals surface area contributed by atoms with Crippen molar-refractivity contribution in [3.63, 3.8) is 0 Å². The predicted molar refractivity (Wildman–Crippen MR) is 78.2 cm³/mol. The van der Waals surface area contributed by atoms with Crippen molar-refractivity contribution in [1.29, 1.82) is 0 Å². The summed E-state index contributed by atoms with van der Waals surface area (Å²) in [5.41, 5.74) is 1.72. The van der Waals surface area contributed by atoms with Crippen LogP contribution >= 0.6 is 27.5 Å². The third-order valence-corrected chi connectivity index (χ3v) is 3.85. The van der Waals surface area contributed by atoms with Crippen molar-refractivity contribution in [3.8, 4) is 5.69 Å². The lowest BCUT2D eigenvalue weighted by Crippen LogP contribution is -2.00. The Balaban J connectivity index is 2.32. The van der Waals surface area contributed by atoms with Gasteiger partial charge in [0.05, 0.1) is 27.1 Å². The first kappa shape index (κ1) is 13.5. The number of aromatic nitrogens is 2. The molecule has 0 spiro atoms. The molecule has 3 aromatic rings. The largest absolute Gasteiger partial charge is 0.295 e. The highest BCUT2D eigenvalue weighted by Gasteiger charge is 2.13. The number of imidazole rings is 1. The summed E-state index contributed by atoms with van der Waals surface area (Å²) in [6.45, 7) is 0. The summed E-state index contributed by atoms with van der Waals surface area (Å²) in [5, 5.41) is 0. The van der Waals surface area contributed by atoms with Crippen LogP contribution in [-0.4, -0.2) is 9.55 Å². The Labute approximate surface area is 127 Å². The van der Waals surface area contributed by atoms with Crippen molar-refractivity contribution in [2.24, 2.45) is 0 Å². The number of rotatable bonds is 2. The maximum Gasteiger partial charge on any atom is 0.139 e. The van der Waals surface area contributed by atoms with E-state index >= 15 is 0 Å². The van der Waals surface area contributed by atoms with Gasteiger partial charge in [0.2, 0.25) is 0 Å². The zero-order valence-electron chi connectivity index (χ0n) is 10.1. The summed E-state index contributed by atoms with van der Waals surface area (Å²) in [6.07, 6.45) is 0. The molecule has 0 N–H and O–H groups in total. The molecule has 0 saturated heterocycles. The van der Waals surface area contributed by atoms with Crippen LogP contribution in [0.15, 0.2) is 40.9 Å². The van der Waals surface area contributed by atoms with Gasteiger partial charge in [0.1, 0.15) is 17.5 Å². The number of nitrogens with zero attached hydrogens (tertiary/aromatic N) is 2. The summed E-state index contributed by atoms with van der Waals surface area (Å²) in [6, 6.07) is 8.93. The topological polar surface area (TPSA) is 17.8 Å². The molecular formula is C14H8BrClF2N2. The molecule has 102 valence electrons. The summed E-state index contributed by atoms with van der Waals surface area (Å²) in [7, 11) is 0. The zero-order valence-corrected chi connectivity index (χ0v) is 12.4. The average molecular weight is 358 g/mol. The first-order chi connectivity index (χ1) is 9.60. The Kier molecular flexibility index (Phi) is 3.48. The fourth-order valence-corrected chi connectivity index (χ4v) is 2.53. The Morgan fingerprint density at radius 2 is 1.95 bits per heavy atom. The van der Waals surface area contributed by atoms with Crippen molar-refractivity contribution in [3.05, 3.63) is 58.3 Å². The summed E-state index contributed by atoms with van der Waals surface area (Å²) in [4.78, 5) is 4.33. The second-order valence-electron chi connectivity index (χ2n) is 4.23. The normalized spacial score (nSPS) is 11.2. The Hall–Kier alpha value is -1.46. The van der Waals surface area contributed by atoms with Gasteiger partial charge in [-0.1, -0.05) is 0 Å². The van der Waals surface area contributed by atoms with Crippen molar-refractivity contribution >= 4 is 38.6 Å². The van der Waals surface area contributed by atoms with Crippen LogP contribution in [0.4, 0.5) is 8.78 Å². The third kappa shape index (κ3) is 2.21. The second kappa shape index (κ2) is 5.14. The standard InChI is InChI=1S/C14H8BrClF2N2/c15-10-3-2-9(6-11(10)18)20-13-5-8(17)1-4-12(13)19-14(20)7-16/h1-6H,7H2. The number of hydrogen-bond acceptors (Lipinski definition) is 1. The molecule has 0 unspecified atom stereocenters. The smallest absolute Gasteiger partial charge is 0.139 e. The van der Waals surface area contributed by atoms with Gasteiger partial charge in [-0.2, -0.15) is 0 Å². The van der Waals surface area contributed by atoms with E-state index in [1.807, 2.05) is 0 Å². The van der Waals surface area contributed by atoms with Crippen LogP contribution in [0.25, 0.3) is 16.7 Å². The van der Waals surface area contributed by atoms with E-state index in [9.17, 15) is 8.78 Å². The summed E-state index contributed by atoms with van der Waals surface area (Å²) >= 11 is 8.99.